The van der Waals surface area contributed by atoms with Crippen LogP contribution in [0.1, 0.15) is 19.3 Å². The smallest absolute Gasteiger partial charge is 0.0586 e. The van der Waals surface area contributed by atoms with Crippen LogP contribution in [0.15, 0.2) is 18.2 Å². The average molecular weight is 314 g/mol. The summed E-state index contributed by atoms with van der Waals surface area (Å²) in [5, 5.41) is 7.19. The molecule has 3 heteroatoms. The van der Waals surface area contributed by atoms with E-state index in [1.54, 1.807) is 0 Å². The molecule has 1 aromatic rings. The maximum atomic E-state index is 3.68. The van der Waals surface area contributed by atoms with E-state index >= 15 is 0 Å². The van der Waals surface area contributed by atoms with Crippen molar-refractivity contribution in [2.45, 2.75) is 25.3 Å². The highest BCUT2D eigenvalue weighted by Crippen LogP contribution is 2.38. The molecule has 2 nitrogen and oxygen atoms in total. The van der Waals surface area contributed by atoms with E-state index < -0.39 is 0 Å². The van der Waals surface area contributed by atoms with E-state index in [0.29, 0.717) is 6.04 Å². The van der Waals surface area contributed by atoms with Gasteiger partial charge in [0, 0.05) is 16.2 Å². The minimum Gasteiger partial charge on any atom is -0.383 e. The van der Waals surface area contributed by atoms with Crippen LogP contribution in [0, 0.1) is 9.49 Å². The summed E-state index contributed by atoms with van der Waals surface area (Å²) >= 11 is 2.36. The van der Waals surface area contributed by atoms with Gasteiger partial charge in [0.25, 0.3) is 0 Å². The first kappa shape index (κ1) is 9.75. The number of halogens is 1. The van der Waals surface area contributed by atoms with Crippen molar-refractivity contribution < 1.29 is 0 Å². The Kier molecular flexibility index (Phi) is 2.50. The summed E-state index contributed by atoms with van der Waals surface area (Å²) in [6.45, 7) is 1.10. The van der Waals surface area contributed by atoms with E-state index in [1.165, 1.54) is 34.2 Å². The molecule has 0 amide bonds. The highest BCUT2D eigenvalue weighted by molar-refractivity contribution is 14.1. The van der Waals surface area contributed by atoms with Crippen LogP contribution in [-0.4, -0.2) is 12.6 Å². The minimum atomic E-state index is 0.693. The first-order valence-electron chi connectivity index (χ1n) is 5.63. The Labute approximate surface area is 104 Å². The van der Waals surface area contributed by atoms with Crippen LogP contribution in [0.5, 0.6) is 0 Å². The molecule has 15 heavy (non-hydrogen) atoms. The molecular formula is C12H15IN2. The third-order valence-corrected chi connectivity index (χ3v) is 3.96. The summed E-state index contributed by atoms with van der Waals surface area (Å²) in [4.78, 5) is 0. The van der Waals surface area contributed by atoms with Gasteiger partial charge in [0.15, 0.2) is 0 Å². The summed E-state index contributed by atoms with van der Waals surface area (Å²) in [5.41, 5.74) is 2.55. The molecule has 0 aromatic heterocycles. The molecule has 80 valence electrons. The highest BCUT2D eigenvalue weighted by atomic mass is 127. The van der Waals surface area contributed by atoms with Crippen molar-refractivity contribution >= 4 is 34.0 Å². The zero-order chi connectivity index (χ0) is 10.3. The maximum absolute atomic E-state index is 3.68. The van der Waals surface area contributed by atoms with Gasteiger partial charge in [-0.3, -0.25) is 0 Å². The number of fused-ring (bicyclic) bond motifs is 1. The van der Waals surface area contributed by atoms with Crippen LogP contribution < -0.4 is 10.6 Å². The van der Waals surface area contributed by atoms with Gasteiger partial charge in [0.2, 0.25) is 0 Å². The van der Waals surface area contributed by atoms with Gasteiger partial charge in [0.1, 0.15) is 0 Å². The van der Waals surface area contributed by atoms with Crippen molar-refractivity contribution in [3.05, 3.63) is 21.8 Å². The standard InChI is InChI=1S/C12H15IN2/c13-9-3-4-11-12(7-9)14-6-5-10(15-11)8-1-2-8/h3-4,7-8,10,14-15H,1-2,5-6H2. The zero-order valence-electron chi connectivity index (χ0n) is 8.59. The van der Waals surface area contributed by atoms with Crippen LogP contribution in [0.2, 0.25) is 0 Å². The Bertz CT molecular complexity index is 374. The molecule has 0 spiro atoms. The van der Waals surface area contributed by atoms with Gasteiger partial charge >= 0.3 is 0 Å². The first-order chi connectivity index (χ1) is 7.33. The van der Waals surface area contributed by atoms with E-state index in [4.69, 9.17) is 0 Å². The van der Waals surface area contributed by atoms with Crippen LogP contribution >= 0.6 is 22.6 Å². The van der Waals surface area contributed by atoms with Gasteiger partial charge < -0.3 is 10.6 Å². The van der Waals surface area contributed by atoms with E-state index in [0.717, 1.165) is 12.5 Å². The lowest BCUT2D eigenvalue weighted by Gasteiger charge is -2.16. The van der Waals surface area contributed by atoms with Crippen LogP contribution in [0.25, 0.3) is 0 Å². The molecule has 0 radical (unpaired) electrons. The molecular weight excluding hydrogens is 299 g/mol. The molecule has 1 atom stereocenters. The molecule has 3 rings (SSSR count). The van der Waals surface area contributed by atoms with Crippen molar-refractivity contribution in [3.8, 4) is 0 Å². The fourth-order valence-electron chi connectivity index (χ4n) is 2.27. The molecule has 1 saturated carbocycles. The number of rotatable bonds is 1. The average Bonchev–Trinajstić information content (AvgIpc) is 3.02. The maximum Gasteiger partial charge on any atom is 0.0586 e. The fraction of sp³-hybridized carbons (Fsp3) is 0.500. The van der Waals surface area contributed by atoms with Gasteiger partial charge in [-0.05, 0) is 66.0 Å². The number of anilines is 2. The monoisotopic (exact) mass is 314 g/mol. The van der Waals surface area contributed by atoms with Gasteiger partial charge in [-0.1, -0.05) is 0 Å². The molecule has 1 aliphatic heterocycles. The van der Waals surface area contributed by atoms with Crippen molar-refractivity contribution in [3.63, 3.8) is 0 Å². The van der Waals surface area contributed by atoms with Gasteiger partial charge in [-0.2, -0.15) is 0 Å². The lowest BCUT2D eigenvalue weighted by atomic mass is 10.1. The molecule has 0 bridgehead atoms. The fourth-order valence-corrected chi connectivity index (χ4v) is 2.77. The summed E-state index contributed by atoms with van der Waals surface area (Å²) in [7, 11) is 0. The van der Waals surface area contributed by atoms with E-state index in [-0.39, 0.29) is 0 Å². The predicted molar refractivity (Wildman–Crippen MR) is 72.4 cm³/mol. The second kappa shape index (κ2) is 3.85. The second-order valence-electron chi connectivity index (χ2n) is 4.49. The third-order valence-electron chi connectivity index (χ3n) is 3.28. The van der Waals surface area contributed by atoms with Crippen LogP contribution in [-0.2, 0) is 0 Å². The Morgan fingerprint density at radius 3 is 2.80 bits per heavy atom. The number of hydrogen-bond donors (Lipinski definition) is 2. The Hall–Kier alpha value is -0.450. The number of benzene rings is 1. The van der Waals surface area contributed by atoms with Gasteiger partial charge in [-0.25, -0.2) is 0 Å². The number of hydrogen-bond acceptors (Lipinski definition) is 2. The molecule has 2 aliphatic rings. The van der Waals surface area contributed by atoms with Crippen LogP contribution in [0.4, 0.5) is 11.4 Å². The summed E-state index contributed by atoms with van der Waals surface area (Å²) in [5.74, 6) is 0.928. The van der Waals surface area contributed by atoms with Gasteiger partial charge in [-0.15, -0.1) is 0 Å². The third kappa shape index (κ3) is 2.07. The molecule has 2 N–H and O–H groups in total. The lowest BCUT2D eigenvalue weighted by molar-refractivity contribution is 0.609. The van der Waals surface area contributed by atoms with Crippen molar-refractivity contribution in [2.24, 2.45) is 5.92 Å². The molecule has 1 heterocycles. The molecule has 1 aliphatic carbocycles. The normalized spacial score (nSPS) is 24.7. The largest absolute Gasteiger partial charge is 0.383 e. The zero-order valence-corrected chi connectivity index (χ0v) is 10.8. The highest BCUT2D eigenvalue weighted by Gasteiger charge is 2.32. The minimum absolute atomic E-state index is 0.693. The van der Waals surface area contributed by atoms with Crippen molar-refractivity contribution in [1.29, 1.82) is 0 Å². The predicted octanol–water partition coefficient (Wildman–Crippen LogP) is 3.30. The first-order valence-corrected chi connectivity index (χ1v) is 6.71. The topological polar surface area (TPSA) is 24.1 Å². The summed E-state index contributed by atoms with van der Waals surface area (Å²) < 4.78 is 1.30. The second-order valence-corrected chi connectivity index (χ2v) is 5.74. The molecule has 1 unspecified atom stereocenters. The van der Waals surface area contributed by atoms with Crippen LogP contribution in [0.3, 0.4) is 0 Å². The Morgan fingerprint density at radius 2 is 2.00 bits per heavy atom. The van der Waals surface area contributed by atoms with Crippen molar-refractivity contribution in [1.82, 2.24) is 0 Å². The Morgan fingerprint density at radius 1 is 1.13 bits per heavy atom. The molecule has 1 fully saturated rings. The van der Waals surface area contributed by atoms with E-state index in [1.807, 2.05) is 0 Å². The molecule has 1 aromatic carbocycles. The number of nitrogens with one attached hydrogen (secondary N) is 2. The Balaban J connectivity index is 1.88. The van der Waals surface area contributed by atoms with E-state index in [9.17, 15) is 0 Å². The van der Waals surface area contributed by atoms with Crippen molar-refractivity contribution in [2.75, 3.05) is 17.2 Å². The quantitative estimate of drug-likeness (QED) is 0.777. The van der Waals surface area contributed by atoms with E-state index in [2.05, 4.69) is 51.4 Å². The summed E-state index contributed by atoms with van der Waals surface area (Å²) in [6, 6.07) is 7.28. The molecule has 0 saturated heterocycles. The van der Waals surface area contributed by atoms with Gasteiger partial charge in [0.05, 0.1) is 11.4 Å². The lowest BCUT2D eigenvalue weighted by Crippen LogP contribution is -2.21. The SMILES string of the molecule is Ic1ccc2c(c1)NCCC(C1CC1)N2. The summed E-state index contributed by atoms with van der Waals surface area (Å²) in [6.07, 6.45) is 4.07.